The zero-order chi connectivity index (χ0) is 9.84. The number of rotatable bonds is 3. The summed E-state index contributed by atoms with van der Waals surface area (Å²) in [5, 5.41) is 0. The molecule has 0 heterocycles. The Kier molecular flexibility index (Phi) is 3.37. The van der Waals surface area contributed by atoms with Crippen LogP contribution < -0.4 is 4.74 Å². The lowest BCUT2D eigenvalue weighted by Gasteiger charge is -2.08. The minimum Gasteiger partial charge on any atom is -0.496 e. The van der Waals surface area contributed by atoms with Crippen molar-refractivity contribution in [2.24, 2.45) is 0 Å². The summed E-state index contributed by atoms with van der Waals surface area (Å²) in [6, 6.07) is 3.85. The standard InChI is InChI=1S/C10H12O2S/c1-7-4-9(12-2)8(6-11)10(5-7)13-3/h4-6H,1-3H3. The van der Waals surface area contributed by atoms with Crippen LogP contribution in [0.3, 0.4) is 0 Å². The van der Waals surface area contributed by atoms with Crippen LogP contribution in [0.15, 0.2) is 17.0 Å². The second-order valence-corrected chi connectivity index (χ2v) is 3.55. The summed E-state index contributed by atoms with van der Waals surface area (Å²) in [5.74, 6) is 0.652. The van der Waals surface area contributed by atoms with Crippen LogP contribution in [0, 0.1) is 6.92 Å². The smallest absolute Gasteiger partial charge is 0.154 e. The molecule has 0 aliphatic rings. The number of hydrogen-bond acceptors (Lipinski definition) is 3. The van der Waals surface area contributed by atoms with Gasteiger partial charge in [0, 0.05) is 4.90 Å². The third-order valence-electron chi connectivity index (χ3n) is 1.81. The van der Waals surface area contributed by atoms with Gasteiger partial charge in [-0.05, 0) is 30.9 Å². The first-order chi connectivity index (χ1) is 6.22. The van der Waals surface area contributed by atoms with E-state index in [-0.39, 0.29) is 0 Å². The number of carbonyl (C=O) groups is 1. The number of aryl methyl sites for hydroxylation is 1. The molecule has 0 fully saturated rings. The van der Waals surface area contributed by atoms with E-state index >= 15 is 0 Å². The van der Waals surface area contributed by atoms with E-state index in [1.165, 1.54) is 0 Å². The van der Waals surface area contributed by atoms with E-state index in [1.807, 2.05) is 25.3 Å². The van der Waals surface area contributed by atoms with E-state index in [2.05, 4.69) is 0 Å². The topological polar surface area (TPSA) is 26.3 Å². The van der Waals surface area contributed by atoms with Gasteiger partial charge in [0.15, 0.2) is 6.29 Å². The molecule has 0 spiro atoms. The highest BCUT2D eigenvalue weighted by Gasteiger charge is 2.08. The first kappa shape index (κ1) is 10.1. The van der Waals surface area contributed by atoms with Crippen molar-refractivity contribution in [3.05, 3.63) is 23.3 Å². The monoisotopic (exact) mass is 196 g/mol. The number of aldehydes is 1. The molecule has 2 nitrogen and oxygen atoms in total. The lowest BCUT2D eigenvalue weighted by molar-refractivity contribution is 0.111. The molecule has 1 aromatic rings. The van der Waals surface area contributed by atoms with Gasteiger partial charge >= 0.3 is 0 Å². The number of hydrogen-bond donors (Lipinski definition) is 0. The molecule has 70 valence electrons. The van der Waals surface area contributed by atoms with Gasteiger partial charge in [0.05, 0.1) is 12.7 Å². The van der Waals surface area contributed by atoms with Gasteiger partial charge in [-0.25, -0.2) is 0 Å². The number of ether oxygens (including phenoxy) is 1. The first-order valence-corrected chi connectivity index (χ1v) is 5.13. The van der Waals surface area contributed by atoms with E-state index in [1.54, 1.807) is 18.9 Å². The summed E-state index contributed by atoms with van der Waals surface area (Å²) in [6.45, 7) is 1.98. The predicted molar refractivity (Wildman–Crippen MR) is 54.9 cm³/mol. The molecule has 0 aliphatic heterocycles. The average molecular weight is 196 g/mol. The van der Waals surface area contributed by atoms with E-state index < -0.39 is 0 Å². The van der Waals surface area contributed by atoms with Crippen molar-refractivity contribution in [3.63, 3.8) is 0 Å². The number of thioether (sulfide) groups is 1. The van der Waals surface area contributed by atoms with Crippen molar-refractivity contribution in [1.82, 2.24) is 0 Å². The third-order valence-corrected chi connectivity index (χ3v) is 2.58. The van der Waals surface area contributed by atoms with Gasteiger partial charge in [0.25, 0.3) is 0 Å². The predicted octanol–water partition coefficient (Wildman–Crippen LogP) is 2.54. The number of benzene rings is 1. The highest BCUT2D eigenvalue weighted by Crippen LogP contribution is 2.28. The maximum Gasteiger partial charge on any atom is 0.154 e. The van der Waals surface area contributed by atoms with Crippen molar-refractivity contribution in [1.29, 1.82) is 0 Å². The van der Waals surface area contributed by atoms with E-state index in [4.69, 9.17) is 4.74 Å². The van der Waals surface area contributed by atoms with Crippen LogP contribution in [-0.4, -0.2) is 19.7 Å². The lowest BCUT2D eigenvalue weighted by atomic mass is 10.1. The van der Waals surface area contributed by atoms with E-state index in [0.29, 0.717) is 11.3 Å². The van der Waals surface area contributed by atoms with Crippen LogP contribution in [0.1, 0.15) is 15.9 Å². The minimum absolute atomic E-state index is 0.639. The van der Waals surface area contributed by atoms with Crippen LogP contribution in [0.5, 0.6) is 5.75 Å². The fraction of sp³-hybridized carbons (Fsp3) is 0.300. The number of methoxy groups -OCH3 is 1. The molecule has 0 unspecified atom stereocenters. The summed E-state index contributed by atoms with van der Waals surface area (Å²) in [5.41, 5.74) is 1.74. The van der Waals surface area contributed by atoms with Gasteiger partial charge < -0.3 is 4.74 Å². The summed E-state index contributed by atoms with van der Waals surface area (Å²) in [7, 11) is 1.58. The maximum absolute atomic E-state index is 10.8. The summed E-state index contributed by atoms with van der Waals surface area (Å²) in [4.78, 5) is 11.7. The van der Waals surface area contributed by atoms with Crippen molar-refractivity contribution >= 4 is 18.0 Å². The molecule has 0 bridgehead atoms. The van der Waals surface area contributed by atoms with Crippen LogP contribution in [-0.2, 0) is 0 Å². The van der Waals surface area contributed by atoms with Gasteiger partial charge in [-0.3, -0.25) is 4.79 Å². The van der Waals surface area contributed by atoms with Crippen molar-refractivity contribution in [3.8, 4) is 5.75 Å². The molecule has 0 atom stereocenters. The zero-order valence-electron chi connectivity index (χ0n) is 7.96. The Morgan fingerprint density at radius 2 is 2.15 bits per heavy atom. The SMILES string of the molecule is COc1cc(C)cc(SC)c1C=O. The largest absolute Gasteiger partial charge is 0.496 e. The summed E-state index contributed by atoms with van der Waals surface area (Å²) in [6.07, 6.45) is 2.78. The molecule has 0 saturated carbocycles. The van der Waals surface area contributed by atoms with E-state index in [9.17, 15) is 4.79 Å². The Labute approximate surface area is 82.3 Å². The molecule has 0 aliphatic carbocycles. The normalized spacial score (nSPS) is 9.77. The third kappa shape index (κ3) is 2.04. The van der Waals surface area contributed by atoms with Crippen LogP contribution in [0.25, 0.3) is 0 Å². The molecule has 0 aromatic heterocycles. The highest BCUT2D eigenvalue weighted by atomic mass is 32.2. The second-order valence-electron chi connectivity index (χ2n) is 2.70. The maximum atomic E-state index is 10.8. The van der Waals surface area contributed by atoms with Gasteiger partial charge in [-0.15, -0.1) is 11.8 Å². The fourth-order valence-corrected chi connectivity index (χ4v) is 1.86. The van der Waals surface area contributed by atoms with Crippen LogP contribution >= 0.6 is 11.8 Å². The van der Waals surface area contributed by atoms with Crippen molar-refractivity contribution in [2.45, 2.75) is 11.8 Å². The van der Waals surface area contributed by atoms with Gasteiger partial charge in [-0.1, -0.05) is 0 Å². The molecular weight excluding hydrogens is 184 g/mol. The molecule has 3 heteroatoms. The van der Waals surface area contributed by atoms with Crippen molar-refractivity contribution in [2.75, 3.05) is 13.4 Å². The average Bonchev–Trinajstić information content (AvgIpc) is 2.16. The molecular formula is C10H12O2S. The van der Waals surface area contributed by atoms with Gasteiger partial charge in [0.1, 0.15) is 5.75 Å². The molecule has 0 amide bonds. The fourth-order valence-electron chi connectivity index (χ4n) is 1.19. The first-order valence-electron chi connectivity index (χ1n) is 3.90. The Balaban J connectivity index is 3.33. The molecule has 1 rings (SSSR count). The highest BCUT2D eigenvalue weighted by molar-refractivity contribution is 7.98. The summed E-state index contributed by atoms with van der Waals surface area (Å²) < 4.78 is 5.11. The minimum atomic E-state index is 0.639. The Bertz CT molecular complexity index is 296. The summed E-state index contributed by atoms with van der Waals surface area (Å²) >= 11 is 1.55. The van der Waals surface area contributed by atoms with E-state index in [0.717, 1.165) is 16.7 Å². The van der Waals surface area contributed by atoms with Gasteiger partial charge in [0.2, 0.25) is 0 Å². The van der Waals surface area contributed by atoms with Gasteiger partial charge in [-0.2, -0.15) is 0 Å². The molecule has 0 radical (unpaired) electrons. The second kappa shape index (κ2) is 4.33. The zero-order valence-corrected chi connectivity index (χ0v) is 8.77. The van der Waals surface area contributed by atoms with Crippen molar-refractivity contribution < 1.29 is 9.53 Å². The molecule has 1 aromatic carbocycles. The molecule has 0 N–H and O–H groups in total. The Morgan fingerprint density at radius 1 is 1.46 bits per heavy atom. The Morgan fingerprint density at radius 3 is 2.62 bits per heavy atom. The lowest BCUT2D eigenvalue weighted by Crippen LogP contribution is -1.93. The van der Waals surface area contributed by atoms with Crippen LogP contribution in [0.2, 0.25) is 0 Å². The quantitative estimate of drug-likeness (QED) is 0.549. The molecule has 13 heavy (non-hydrogen) atoms. The van der Waals surface area contributed by atoms with Crippen LogP contribution in [0.4, 0.5) is 0 Å². The molecule has 0 saturated heterocycles. The number of carbonyl (C=O) groups excluding carboxylic acids is 1. The Hall–Kier alpha value is -0.960.